The Bertz CT molecular complexity index is 755. The zero-order chi connectivity index (χ0) is 19.1. The Kier molecular flexibility index (Phi) is 6.74. The predicted octanol–water partition coefficient (Wildman–Crippen LogP) is 4.61. The molecule has 0 radical (unpaired) electrons. The Labute approximate surface area is 161 Å². The second-order valence-corrected chi connectivity index (χ2v) is 7.15. The summed E-state index contributed by atoms with van der Waals surface area (Å²) in [6, 6.07) is 14.2. The molecule has 1 aliphatic carbocycles. The molecule has 1 atom stereocenters. The van der Waals surface area contributed by atoms with Gasteiger partial charge in [0.15, 0.2) is 0 Å². The van der Waals surface area contributed by atoms with Crippen molar-refractivity contribution in [2.24, 2.45) is 0 Å². The summed E-state index contributed by atoms with van der Waals surface area (Å²) in [5.74, 6) is 1.66. The Morgan fingerprint density at radius 1 is 1.04 bits per heavy atom. The highest BCUT2D eigenvalue weighted by Crippen LogP contribution is 2.25. The highest BCUT2D eigenvalue weighted by molar-refractivity contribution is 5.76. The molecule has 0 aromatic heterocycles. The normalized spacial score (nSPS) is 14.1. The summed E-state index contributed by atoms with van der Waals surface area (Å²) in [4.78, 5) is 12.2. The van der Waals surface area contributed by atoms with E-state index in [4.69, 9.17) is 9.47 Å². The van der Waals surface area contributed by atoms with Crippen LogP contribution in [0.3, 0.4) is 0 Å². The van der Waals surface area contributed by atoms with Crippen LogP contribution in [0.15, 0.2) is 42.5 Å². The van der Waals surface area contributed by atoms with Crippen molar-refractivity contribution in [2.75, 3.05) is 13.7 Å². The monoisotopic (exact) mass is 367 g/mol. The summed E-state index contributed by atoms with van der Waals surface area (Å²) in [5.41, 5.74) is 4.12. The number of amides is 1. The van der Waals surface area contributed by atoms with Gasteiger partial charge in [0, 0.05) is 6.42 Å². The number of hydrogen-bond donors (Lipinski definition) is 1. The third kappa shape index (κ3) is 5.49. The average molecular weight is 367 g/mol. The van der Waals surface area contributed by atoms with Crippen LogP contribution in [0.1, 0.15) is 55.3 Å². The van der Waals surface area contributed by atoms with E-state index in [1.165, 1.54) is 36.0 Å². The number of hydrogen-bond acceptors (Lipinski definition) is 3. The molecule has 4 nitrogen and oxygen atoms in total. The summed E-state index contributed by atoms with van der Waals surface area (Å²) in [7, 11) is 1.64. The fourth-order valence-electron chi connectivity index (χ4n) is 3.51. The van der Waals surface area contributed by atoms with Crippen molar-refractivity contribution in [1.82, 2.24) is 5.32 Å². The Balaban J connectivity index is 1.40. The maximum atomic E-state index is 12.2. The molecule has 0 saturated heterocycles. The van der Waals surface area contributed by atoms with E-state index in [-0.39, 0.29) is 11.9 Å². The number of rotatable bonds is 8. The summed E-state index contributed by atoms with van der Waals surface area (Å²) in [6.07, 6.45) is 6.06. The smallest absolute Gasteiger partial charge is 0.220 e. The molecule has 1 amide bonds. The molecule has 0 fully saturated rings. The van der Waals surface area contributed by atoms with E-state index in [0.29, 0.717) is 19.4 Å². The lowest BCUT2D eigenvalue weighted by Gasteiger charge is -2.20. The fraction of sp³-hybridized carbons (Fsp3) is 0.435. The van der Waals surface area contributed by atoms with Gasteiger partial charge in [-0.1, -0.05) is 18.2 Å². The molecular formula is C23H29NO3. The maximum absolute atomic E-state index is 12.2. The highest BCUT2D eigenvalue weighted by Gasteiger charge is 2.14. The molecule has 1 aliphatic rings. The van der Waals surface area contributed by atoms with Crippen molar-refractivity contribution < 1.29 is 14.3 Å². The molecule has 4 heteroatoms. The lowest BCUT2D eigenvalue weighted by atomic mass is 9.89. The number of ether oxygens (including phenoxy) is 2. The highest BCUT2D eigenvalue weighted by atomic mass is 16.5. The number of benzene rings is 2. The molecule has 3 rings (SSSR count). The molecule has 0 aliphatic heterocycles. The molecule has 0 unspecified atom stereocenters. The van der Waals surface area contributed by atoms with Gasteiger partial charge < -0.3 is 14.8 Å². The number of aryl methyl sites for hydroxylation is 2. The number of nitrogens with one attached hydrogen (secondary N) is 1. The first kappa shape index (κ1) is 19.3. The van der Waals surface area contributed by atoms with Gasteiger partial charge in [0.1, 0.15) is 11.5 Å². The first-order valence-corrected chi connectivity index (χ1v) is 9.83. The lowest BCUT2D eigenvalue weighted by Crippen LogP contribution is -2.27. The van der Waals surface area contributed by atoms with Crippen LogP contribution in [0.25, 0.3) is 0 Å². The second kappa shape index (κ2) is 9.45. The molecule has 0 spiro atoms. The average Bonchev–Trinajstić information content (AvgIpc) is 2.71. The van der Waals surface area contributed by atoms with E-state index in [0.717, 1.165) is 17.9 Å². The molecule has 0 heterocycles. The minimum Gasteiger partial charge on any atom is -0.497 e. The van der Waals surface area contributed by atoms with Crippen molar-refractivity contribution in [2.45, 2.75) is 51.5 Å². The van der Waals surface area contributed by atoms with Gasteiger partial charge in [-0.15, -0.1) is 0 Å². The van der Waals surface area contributed by atoms with E-state index in [1.54, 1.807) is 7.11 Å². The van der Waals surface area contributed by atoms with Gasteiger partial charge in [0.05, 0.1) is 19.8 Å². The third-order valence-corrected chi connectivity index (χ3v) is 5.13. The van der Waals surface area contributed by atoms with Crippen LogP contribution in [-0.4, -0.2) is 19.6 Å². The van der Waals surface area contributed by atoms with Gasteiger partial charge in [-0.3, -0.25) is 4.79 Å². The standard InChI is InChI=1S/C23H29NO3/c1-17(19-10-9-18-6-3-4-7-20(18)16-19)24-23(25)8-5-15-27-22-13-11-21(26-2)12-14-22/h9-14,16-17H,3-8,15H2,1-2H3,(H,24,25)/t17-/m0/s1. The molecule has 0 saturated carbocycles. The molecule has 144 valence electrons. The van der Waals surface area contributed by atoms with Crippen LogP contribution in [0.5, 0.6) is 11.5 Å². The fourth-order valence-corrected chi connectivity index (χ4v) is 3.51. The largest absolute Gasteiger partial charge is 0.497 e. The van der Waals surface area contributed by atoms with Crippen molar-refractivity contribution in [3.05, 3.63) is 59.2 Å². The second-order valence-electron chi connectivity index (χ2n) is 7.15. The van der Waals surface area contributed by atoms with Crippen LogP contribution in [0, 0.1) is 0 Å². The Hall–Kier alpha value is -2.49. The van der Waals surface area contributed by atoms with Gasteiger partial charge in [0.2, 0.25) is 5.91 Å². The van der Waals surface area contributed by atoms with Gasteiger partial charge in [-0.2, -0.15) is 0 Å². The zero-order valence-corrected chi connectivity index (χ0v) is 16.3. The van der Waals surface area contributed by atoms with E-state index in [1.807, 2.05) is 24.3 Å². The van der Waals surface area contributed by atoms with Gasteiger partial charge in [-0.25, -0.2) is 0 Å². The SMILES string of the molecule is COc1ccc(OCCCC(=O)N[C@@H](C)c2ccc3c(c2)CCCC3)cc1. The van der Waals surface area contributed by atoms with Crippen LogP contribution in [0.4, 0.5) is 0 Å². The Morgan fingerprint density at radius 2 is 1.74 bits per heavy atom. The predicted molar refractivity (Wildman–Crippen MR) is 107 cm³/mol. The summed E-state index contributed by atoms with van der Waals surface area (Å²) >= 11 is 0. The topological polar surface area (TPSA) is 47.6 Å². The zero-order valence-electron chi connectivity index (χ0n) is 16.3. The van der Waals surface area contributed by atoms with E-state index in [2.05, 4.69) is 30.4 Å². The number of carbonyl (C=O) groups is 1. The maximum Gasteiger partial charge on any atom is 0.220 e. The van der Waals surface area contributed by atoms with Crippen LogP contribution < -0.4 is 14.8 Å². The van der Waals surface area contributed by atoms with Crippen molar-refractivity contribution >= 4 is 5.91 Å². The molecule has 2 aromatic rings. The number of carbonyl (C=O) groups excluding carboxylic acids is 1. The molecule has 2 aromatic carbocycles. The lowest BCUT2D eigenvalue weighted by molar-refractivity contribution is -0.121. The van der Waals surface area contributed by atoms with Crippen LogP contribution in [-0.2, 0) is 17.6 Å². The van der Waals surface area contributed by atoms with Gasteiger partial charge >= 0.3 is 0 Å². The minimum atomic E-state index is 0.0345. The molecular weight excluding hydrogens is 338 g/mol. The molecule has 27 heavy (non-hydrogen) atoms. The van der Waals surface area contributed by atoms with E-state index in [9.17, 15) is 4.79 Å². The van der Waals surface area contributed by atoms with E-state index < -0.39 is 0 Å². The Morgan fingerprint density at radius 3 is 2.48 bits per heavy atom. The number of methoxy groups -OCH3 is 1. The number of fused-ring (bicyclic) bond motifs is 1. The first-order valence-electron chi connectivity index (χ1n) is 9.83. The van der Waals surface area contributed by atoms with Gasteiger partial charge in [-0.05, 0) is 80.0 Å². The quantitative estimate of drug-likeness (QED) is 0.693. The first-order chi connectivity index (χ1) is 13.2. The summed E-state index contributed by atoms with van der Waals surface area (Å²) in [5, 5.41) is 3.11. The minimum absolute atomic E-state index is 0.0345. The summed E-state index contributed by atoms with van der Waals surface area (Å²) in [6.45, 7) is 2.57. The van der Waals surface area contributed by atoms with Crippen LogP contribution >= 0.6 is 0 Å². The van der Waals surface area contributed by atoms with Crippen molar-refractivity contribution in [1.29, 1.82) is 0 Å². The molecule has 1 N–H and O–H groups in total. The summed E-state index contributed by atoms with van der Waals surface area (Å²) < 4.78 is 10.8. The van der Waals surface area contributed by atoms with Crippen LogP contribution in [0.2, 0.25) is 0 Å². The molecule has 0 bridgehead atoms. The van der Waals surface area contributed by atoms with Crippen molar-refractivity contribution in [3.63, 3.8) is 0 Å². The van der Waals surface area contributed by atoms with Crippen molar-refractivity contribution in [3.8, 4) is 11.5 Å². The van der Waals surface area contributed by atoms with Gasteiger partial charge in [0.25, 0.3) is 0 Å². The third-order valence-electron chi connectivity index (χ3n) is 5.13. The van der Waals surface area contributed by atoms with E-state index >= 15 is 0 Å².